The van der Waals surface area contributed by atoms with Gasteiger partial charge in [-0.05, 0) is 0 Å². The monoisotopic (exact) mass is 445 g/mol. The molecule has 2 rings (SSSR count). The number of carbonyl (C=O) groups is 3. The number of hydrogen-bond acceptors (Lipinski definition) is 11. The van der Waals surface area contributed by atoms with Crippen molar-refractivity contribution in [2.75, 3.05) is 19.5 Å². The van der Waals surface area contributed by atoms with E-state index in [-0.39, 0.29) is 51.8 Å². The van der Waals surface area contributed by atoms with E-state index in [1.54, 1.807) is 0 Å². The first-order chi connectivity index (χ1) is 12.6. The second-order valence-corrected chi connectivity index (χ2v) is 7.31. The van der Waals surface area contributed by atoms with Gasteiger partial charge in [-0.15, -0.1) is 11.3 Å². The van der Waals surface area contributed by atoms with Crippen molar-refractivity contribution in [3.63, 3.8) is 0 Å². The number of nitrogen functional groups attached to an aromatic ring is 1. The average Bonchev–Trinajstić information content (AvgIpc) is 2.98. The number of nitrogens with one attached hydrogen (secondary N) is 1. The Labute approximate surface area is 186 Å². The molecule has 0 saturated carbocycles. The molecular formula is C12H16N5NaO8S2. The smallest absolute Gasteiger partial charge is 1.00 e. The van der Waals surface area contributed by atoms with Gasteiger partial charge in [-0.2, -0.15) is 8.42 Å². The molecule has 150 valence electrons. The topological polar surface area (TPSA) is 191 Å². The number of thiazole rings is 1. The maximum Gasteiger partial charge on any atom is 1.00 e. The molecule has 4 N–H and O–H groups in total. The minimum absolute atomic E-state index is 0. The molecule has 0 aromatic carbocycles. The van der Waals surface area contributed by atoms with E-state index >= 15 is 0 Å². The van der Waals surface area contributed by atoms with Crippen LogP contribution in [0.4, 0.5) is 5.13 Å². The molecule has 1 aliphatic heterocycles. The SMILES string of the molecule is CO/N=C(\C(=O)NC1C(=O)N(S(=O)(=O)O)C1COC(C)=O)c1csc(N)n1.[H-].[Na+]. The fourth-order valence-corrected chi connectivity index (χ4v) is 3.64. The minimum atomic E-state index is -4.90. The molecule has 28 heavy (non-hydrogen) atoms. The number of ether oxygens (including phenoxy) is 1. The standard InChI is InChI=1S/C12H15N5O8S2.Na.H/c1-5(18)25-3-7-9(11(20)17(7)27(21,22)23)15-10(19)8(16-24-2)6-4-26-12(13)14-6;;/h4,7,9H,3H2,1-2H3,(H2,13,14)(H,15,19)(H,21,22,23);;/q;+1;-1/b16-8-;;. The number of esters is 1. The van der Waals surface area contributed by atoms with Crippen LogP contribution in [0.15, 0.2) is 10.5 Å². The molecule has 2 atom stereocenters. The van der Waals surface area contributed by atoms with E-state index in [1.165, 1.54) is 12.5 Å². The van der Waals surface area contributed by atoms with Crippen molar-refractivity contribution < 1.29 is 67.9 Å². The van der Waals surface area contributed by atoms with Crippen LogP contribution in [-0.4, -0.2) is 71.6 Å². The summed E-state index contributed by atoms with van der Waals surface area (Å²) >= 11 is 1.04. The summed E-state index contributed by atoms with van der Waals surface area (Å²) in [5, 5.41) is 7.36. The van der Waals surface area contributed by atoms with Crippen LogP contribution < -0.4 is 40.6 Å². The zero-order chi connectivity index (χ0) is 20.4. The molecule has 1 aromatic heterocycles. The Bertz CT molecular complexity index is 908. The minimum Gasteiger partial charge on any atom is -1.00 e. The number of anilines is 1. The van der Waals surface area contributed by atoms with Crippen molar-refractivity contribution in [3.8, 4) is 0 Å². The Hall–Kier alpha value is -1.78. The van der Waals surface area contributed by atoms with Crippen molar-refractivity contribution in [2.45, 2.75) is 19.0 Å². The summed E-state index contributed by atoms with van der Waals surface area (Å²) < 4.78 is 36.5. The third-order valence-electron chi connectivity index (χ3n) is 3.32. The number of rotatable bonds is 7. The molecule has 2 heterocycles. The molecule has 1 aliphatic rings. The summed E-state index contributed by atoms with van der Waals surface area (Å²) in [6.45, 7) is 0.508. The van der Waals surface area contributed by atoms with Gasteiger partial charge >= 0.3 is 45.8 Å². The average molecular weight is 445 g/mol. The quantitative estimate of drug-likeness (QED) is 0.0917. The van der Waals surface area contributed by atoms with E-state index in [0.717, 1.165) is 18.3 Å². The second kappa shape index (κ2) is 9.62. The number of aromatic nitrogens is 1. The third-order valence-corrected chi connectivity index (χ3v) is 4.95. The molecule has 1 aromatic rings. The molecule has 0 radical (unpaired) electrons. The van der Waals surface area contributed by atoms with Crippen molar-refractivity contribution in [3.05, 3.63) is 11.1 Å². The Morgan fingerprint density at radius 1 is 1.54 bits per heavy atom. The van der Waals surface area contributed by atoms with Crippen molar-refractivity contribution in [1.82, 2.24) is 14.6 Å². The maximum absolute atomic E-state index is 12.4. The molecule has 2 unspecified atom stereocenters. The van der Waals surface area contributed by atoms with Gasteiger partial charge < -0.3 is 22.1 Å². The number of oxime groups is 1. The van der Waals surface area contributed by atoms with Gasteiger partial charge in [0.1, 0.15) is 31.5 Å². The van der Waals surface area contributed by atoms with Gasteiger partial charge in [0, 0.05) is 12.3 Å². The zero-order valence-electron chi connectivity index (χ0n) is 16.0. The van der Waals surface area contributed by atoms with Crippen LogP contribution in [0.25, 0.3) is 0 Å². The summed E-state index contributed by atoms with van der Waals surface area (Å²) in [6.07, 6.45) is 0. The van der Waals surface area contributed by atoms with Crippen molar-refractivity contribution in [1.29, 1.82) is 0 Å². The molecule has 16 heteroatoms. The predicted octanol–water partition coefficient (Wildman–Crippen LogP) is -4.75. The van der Waals surface area contributed by atoms with Gasteiger partial charge in [-0.25, -0.2) is 9.29 Å². The number of amides is 2. The van der Waals surface area contributed by atoms with Crippen LogP contribution >= 0.6 is 11.3 Å². The zero-order valence-corrected chi connectivity index (χ0v) is 18.6. The molecule has 0 bridgehead atoms. The molecular weight excluding hydrogens is 429 g/mol. The molecule has 1 fully saturated rings. The second-order valence-electron chi connectivity index (χ2n) is 5.13. The van der Waals surface area contributed by atoms with E-state index in [9.17, 15) is 22.8 Å². The normalized spacial score (nSPS) is 19.3. The van der Waals surface area contributed by atoms with Crippen LogP contribution in [0.3, 0.4) is 0 Å². The number of hydrogen-bond donors (Lipinski definition) is 3. The summed E-state index contributed by atoms with van der Waals surface area (Å²) in [7, 11) is -3.72. The Balaban J connectivity index is 0.00000392. The van der Waals surface area contributed by atoms with Gasteiger partial charge in [-0.1, -0.05) is 5.16 Å². The molecule has 1 saturated heterocycles. The van der Waals surface area contributed by atoms with Crippen LogP contribution in [-0.2, 0) is 34.3 Å². The van der Waals surface area contributed by atoms with E-state index in [1.807, 2.05) is 0 Å². The Kier molecular flexibility index (Phi) is 8.33. The Morgan fingerprint density at radius 3 is 2.64 bits per heavy atom. The Morgan fingerprint density at radius 2 is 2.18 bits per heavy atom. The van der Waals surface area contributed by atoms with Gasteiger partial charge in [0.05, 0.1) is 0 Å². The van der Waals surface area contributed by atoms with Crippen LogP contribution in [0.5, 0.6) is 0 Å². The molecule has 13 nitrogen and oxygen atoms in total. The molecule has 0 spiro atoms. The fraction of sp³-hybridized carbons (Fsp3) is 0.417. The molecule has 0 aliphatic carbocycles. The maximum atomic E-state index is 12.4. The number of nitrogens with two attached hydrogens (primary N) is 1. The van der Waals surface area contributed by atoms with E-state index in [0.29, 0.717) is 0 Å². The van der Waals surface area contributed by atoms with Crippen LogP contribution in [0, 0.1) is 0 Å². The summed E-state index contributed by atoms with van der Waals surface area (Å²) in [5.41, 5.74) is 5.27. The van der Waals surface area contributed by atoms with Crippen LogP contribution in [0.1, 0.15) is 14.0 Å². The third kappa shape index (κ3) is 5.39. The summed E-state index contributed by atoms with van der Waals surface area (Å²) in [5.74, 6) is -2.77. The van der Waals surface area contributed by atoms with Crippen molar-refractivity contribution in [2.24, 2.45) is 5.16 Å². The first kappa shape index (κ1) is 24.3. The molecule has 2 amide bonds. The summed E-state index contributed by atoms with van der Waals surface area (Å²) in [4.78, 5) is 43.9. The summed E-state index contributed by atoms with van der Waals surface area (Å²) in [6, 6.07) is -2.72. The van der Waals surface area contributed by atoms with Gasteiger partial charge in [0.2, 0.25) is 0 Å². The van der Waals surface area contributed by atoms with E-state index < -0.39 is 46.8 Å². The first-order valence-electron chi connectivity index (χ1n) is 7.13. The van der Waals surface area contributed by atoms with Crippen molar-refractivity contribution >= 4 is 50.3 Å². The van der Waals surface area contributed by atoms with Crippen LogP contribution in [0.2, 0.25) is 0 Å². The number of β-lactam (4-membered cyclic amide) rings is 1. The van der Waals surface area contributed by atoms with E-state index in [4.69, 9.17) is 10.3 Å². The number of nitrogens with zero attached hydrogens (tertiary/aromatic N) is 3. The number of carbonyl (C=O) groups excluding carboxylic acids is 3. The largest absolute Gasteiger partial charge is 1.00 e. The predicted molar refractivity (Wildman–Crippen MR) is 91.9 cm³/mol. The first-order valence-corrected chi connectivity index (χ1v) is 9.41. The van der Waals surface area contributed by atoms with Gasteiger partial charge in [0.15, 0.2) is 10.8 Å². The fourth-order valence-electron chi connectivity index (χ4n) is 2.23. The van der Waals surface area contributed by atoms with Gasteiger partial charge in [0.25, 0.3) is 11.8 Å². The van der Waals surface area contributed by atoms with Gasteiger partial charge in [-0.3, -0.25) is 18.9 Å². The van der Waals surface area contributed by atoms with E-state index in [2.05, 4.69) is 25.0 Å².